The Morgan fingerprint density at radius 3 is 2.50 bits per heavy atom. The van der Waals surface area contributed by atoms with Crippen molar-refractivity contribution in [2.45, 2.75) is 19.4 Å². The molecule has 1 unspecified atom stereocenters. The number of benzene rings is 1. The van der Waals surface area contributed by atoms with E-state index >= 15 is 0 Å². The van der Waals surface area contributed by atoms with Gasteiger partial charge >= 0.3 is 5.97 Å². The molecule has 0 aromatic heterocycles. The second-order valence-electron chi connectivity index (χ2n) is 4.67. The number of aliphatic carboxylic acids is 1. The van der Waals surface area contributed by atoms with Gasteiger partial charge in [-0.1, -0.05) is 29.8 Å². The molecule has 1 atom stereocenters. The van der Waals surface area contributed by atoms with Crippen molar-refractivity contribution in [2.24, 2.45) is 0 Å². The van der Waals surface area contributed by atoms with Gasteiger partial charge in [-0.3, -0.25) is 9.69 Å². The summed E-state index contributed by atoms with van der Waals surface area (Å²) < 4.78 is 5.32. The van der Waals surface area contributed by atoms with Crippen LogP contribution in [0, 0.1) is 6.92 Å². The summed E-state index contributed by atoms with van der Waals surface area (Å²) in [7, 11) is 0. The summed E-state index contributed by atoms with van der Waals surface area (Å²) in [6.07, 6.45) is 0.142. The lowest BCUT2D eigenvalue weighted by atomic mass is 10.0. The molecule has 0 spiro atoms. The van der Waals surface area contributed by atoms with Crippen LogP contribution in [0.2, 0.25) is 0 Å². The third kappa shape index (κ3) is 3.31. The maximum absolute atomic E-state index is 11.0. The summed E-state index contributed by atoms with van der Waals surface area (Å²) in [5, 5.41) is 9.07. The molecule has 1 heterocycles. The lowest BCUT2D eigenvalue weighted by Crippen LogP contribution is -2.39. The van der Waals surface area contributed by atoms with Crippen LogP contribution in [0.3, 0.4) is 0 Å². The lowest BCUT2D eigenvalue weighted by Gasteiger charge is -2.34. The molecule has 4 nitrogen and oxygen atoms in total. The second-order valence-corrected chi connectivity index (χ2v) is 4.67. The van der Waals surface area contributed by atoms with Crippen molar-refractivity contribution in [3.8, 4) is 0 Å². The minimum atomic E-state index is -0.757. The van der Waals surface area contributed by atoms with Crippen molar-refractivity contribution >= 4 is 5.97 Å². The van der Waals surface area contributed by atoms with Gasteiger partial charge in [0.1, 0.15) is 0 Å². The number of carboxylic acid groups (broad SMARTS) is 1. The highest BCUT2D eigenvalue weighted by Gasteiger charge is 2.24. The number of morpholine rings is 1. The van der Waals surface area contributed by atoms with Gasteiger partial charge in [-0.2, -0.15) is 0 Å². The van der Waals surface area contributed by atoms with Gasteiger partial charge in [-0.05, 0) is 12.5 Å². The largest absolute Gasteiger partial charge is 0.481 e. The highest BCUT2D eigenvalue weighted by atomic mass is 16.5. The number of carboxylic acids is 1. The Labute approximate surface area is 107 Å². The summed E-state index contributed by atoms with van der Waals surface area (Å²) in [6.45, 7) is 4.99. The lowest BCUT2D eigenvalue weighted by molar-refractivity contribution is -0.139. The number of nitrogens with zero attached hydrogens (tertiary/aromatic N) is 1. The summed E-state index contributed by atoms with van der Waals surface area (Å²) in [5.41, 5.74) is 2.26. The zero-order chi connectivity index (χ0) is 13.0. The monoisotopic (exact) mass is 249 g/mol. The molecule has 0 bridgehead atoms. The normalized spacial score (nSPS) is 18.5. The van der Waals surface area contributed by atoms with Crippen molar-refractivity contribution < 1.29 is 14.6 Å². The Hall–Kier alpha value is -1.39. The molecule has 2 rings (SSSR count). The van der Waals surface area contributed by atoms with Gasteiger partial charge in [0.15, 0.2) is 0 Å². The Kier molecular flexibility index (Phi) is 4.33. The second kappa shape index (κ2) is 5.98. The summed E-state index contributed by atoms with van der Waals surface area (Å²) in [4.78, 5) is 13.2. The fraction of sp³-hybridized carbons (Fsp3) is 0.500. The van der Waals surface area contributed by atoms with E-state index in [1.807, 2.05) is 31.2 Å². The van der Waals surface area contributed by atoms with E-state index < -0.39 is 5.97 Å². The van der Waals surface area contributed by atoms with Crippen LogP contribution >= 0.6 is 0 Å². The van der Waals surface area contributed by atoms with Crippen molar-refractivity contribution in [1.29, 1.82) is 0 Å². The molecule has 1 aromatic carbocycles. The van der Waals surface area contributed by atoms with E-state index in [0.29, 0.717) is 13.2 Å². The van der Waals surface area contributed by atoms with E-state index in [2.05, 4.69) is 4.90 Å². The Bertz CT molecular complexity index is 396. The number of aryl methyl sites for hydroxylation is 1. The van der Waals surface area contributed by atoms with Gasteiger partial charge in [0, 0.05) is 19.1 Å². The zero-order valence-corrected chi connectivity index (χ0v) is 10.6. The molecule has 0 saturated carbocycles. The molecule has 1 aliphatic rings. The molecule has 0 aliphatic carbocycles. The van der Waals surface area contributed by atoms with E-state index in [1.54, 1.807) is 0 Å². The Morgan fingerprint density at radius 2 is 1.94 bits per heavy atom. The van der Waals surface area contributed by atoms with Crippen molar-refractivity contribution in [1.82, 2.24) is 4.90 Å². The fourth-order valence-corrected chi connectivity index (χ4v) is 2.30. The van der Waals surface area contributed by atoms with Gasteiger partial charge < -0.3 is 9.84 Å². The minimum Gasteiger partial charge on any atom is -0.481 e. The van der Waals surface area contributed by atoms with Crippen molar-refractivity contribution in [3.05, 3.63) is 35.4 Å². The molecular formula is C14H19NO3. The smallest absolute Gasteiger partial charge is 0.305 e. The van der Waals surface area contributed by atoms with Gasteiger partial charge in [0.25, 0.3) is 0 Å². The van der Waals surface area contributed by atoms with Crippen molar-refractivity contribution in [3.63, 3.8) is 0 Å². The molecular weight excluding hydrogens is 230 g/mol. The summed E-state index contributed by atoms with van der Waals surface area (Å²) >= 11 is 0. The zero-order valence-electron chi connectivity index (χ0n) is 10.6. The maximum atomic E-state index is 11.0. The number of hydrogen-bond acceptors (Lipinski definition) is 3. The van der Waals surface area contributed by atoms with Crippen LogP contribution < -0.4 is 0 Å². The molecule has 4 heteroatoms. The van der Waals surface area contributed by atoms with Crippen LogP contribution in [0.1, 0.15) is 23.6 Å². The van der Waals surface area contributed by atoms with Crippen LogP contribution in [0.15, 0.2) is 24.3 Å². The van der Waals surface area contributed by atoms with Gasteiger partial charge in [0.05, 0.1) is 19.6 Å². The topological polar surface area (TPSA) is 49.8 Å². The van der Waals surface area contributed by atoms with Crippen LogP contribution in [0.25, 0.3) is 0 Å². The van der Waals surface area contributed by atoms with Crippen LogP contribution in [0.5, 0.6) is 0 Å². The van der Waals surface area contributed by atoms with E-state index in [-0.39, 0.29) is 12.5 Å². The molecule has 1 aromatic rings. The van der Waals surface area contributed by atoms with E-state index in [9.17, 15) is 4.79 Å². The molecule has 0 amide bonds. The standard InChI is InChI=1S/C14H19NO3/c1-11-2-4-12(5-3-11)13(10-14(16)17)15-6-8-18-9-7-15/h2-5,13H,6-10H2,1H3,(H,16,17). The predicted octanol–water partition coefficient (Wildman–Crippen LogP) is 1.84. The van der Waals surface area contributed by atoms with Gasteiger partial charge in [0.2, 0.25) is 0 Å². The first-order valence-electron chi connectivity index (χ1n) is 6.27. The van der Waals surface area contributed by atoms with Crippen LogP contribution in [-0.2, 0) is 9.53 Å². The highest BCUT2D eigenvalue weighted by Crippen LogP contribution is 2.25. The number of hydrogen-bond donors (Lipinski definition) is 1. The Balaban J connectivity index is 2.17. The minimum absolute atomic E-state index is 0.0491. The average Bonchev–Trinajstić information content (AvgIpc) is 2.38. The SMILES string of the molecule is Cc1ccc(C(CC(=O)O)N2CCOCC2)cc1. The third-order valence-electron chi connectivity index (χ3n) is 3.32. The van der Waals surface area contributed by atoms with Gasteiger partial charge in [-0.15, -0.1) is 0 Å². The van der Waals surface area contributed by atoms with E-state index in [0.717, 1.165) is 18.7 Å². The third-order valence-corrected chi connectivity index (χ3v) is 3.32. The molecule has 1 N–H and O–H groups in total. The molecule has 98 valence electrons. The fourth-order valence-electron chi connectivity index (χ4n) is 2.30. The number of carbonyl (C=O) groups is 1. The molecule has 1 saturated heterocycles. The molecule has 0 radical (unpaired) electrons. The summed E-state index contributed by atoms with van der Waals surface area (Å²) in [5.74, 6) is -0.757. The highest BCUT2D eigenvalue weighted by molar-refractivity contribution is 5.68. The van der Waals surface area contributed by atoms with E-state index in [1.165, 1.54) is 5.56 Å². The van der Waals surface area contributed by atoms with Crippen LogP contribution in [0.4, 0.5) is 0 Å². The van der Waals surface area contributed by atoms with Crippen molar-refractivity contribution in [2.75, 3.05) is 26.3 Å². The number of rotatable bonds is 4. The molecule has 1 fully saturated rings. The molecule has 1 aliphatic heterocycles. The first-order chi connectivity index (χ1) is 8.66. The maximum Gasteiger partial charge on any atom is 0.305 e. The first kappa shape index (κ1) is 13.1. The summed E-state index contributed by atoms with van der Waals surface area (Å²) in [6, 6.07) is 8.07. The quantitative estimate of drug-likeness (QED) is 0.884. The van der Waals surface area contributed by atoms with Gasteiger partial charge in [-0.25, -0.2) is 0 Å². The Morgan fingerprint density at radius 1 is 1.33 bits per heavy atom. The molecule has 18 heavy (non-hydrogen) atoms. The number of ether oxygens (including phenoxy) is 1. The van der Waals surface area contributed by atoms with E-state index in [4.69, 9.17) is 9.84 Å². The first-order valence-corrected chi connectivity index (χ1v) is 6.27. The predicted molar refractivity (Wildman–Crippen MR) is 68.6 cm³/mol. The average molecular weight is 249 g/mol. The van der Waals surface area contributed by atoms with Crippen LogP contribution in [-0.4, -0.2) is 42.3 Å².